The second-order valence-electron chi connectivity index (χ2n) is 8.59. The van der Waals surface area contributed by atoms with Crippen LogP contribution in [-0.4, -0.2) is 72.4 Å². The second-order valence-corrected chi connectivity index (χ2v) is 8.59. The molecule has 0 amide bonds. The van der Waals surface area contributed by atoms with Crippen LogP contribution in [0.4, 0.5) is 0 Å². The third-order valence-corrected chi connectivity index (χ3v) is 6.13. The Hall–Kier alpha value is -2.67. The molecule has 6 nitrogen and oxygen atoms in total. The molecule has 1 fully saturated rings. The Labute approximate surface area is 183 Å². The van der Waals surface area contributed by atoms with Gasteiger partial charge in [-0.15, -0.1) is 0 Å². The van der Waals surface area contributed by atoms with Crippen LogP contribution in [-0.2, 0) is 0 Å². The fraction of sp³-hybridized carbons (Fsp3) is 0.400. The third-order valence-electron chi connectivity index (χ3n) is 6.13. The normalized spacial score (nSPS) is 16.6. The summed E-state index contributed by atoms with van der Waals surface area (Å²) in [7, 11) is 4.27. The topological polar surface area (TPSA) is 68.8 Å². The molecule has 2 N–H and O–H groups in total. The van der Waals surface area contributed by atoms with Gasteiger partial charge < -0.3 is 24.6 Å². The summed E-state index contributed by atoms with van der Waals surface area (Å²) in [4.78, 5) is 18.8. The minimum absolute atomic E-state index is 0.127. The van der Waals surface area contributed by atoms with Crippen LogP contribution < -0.4 is 10.3 Å². The van der Waals surface area contributed by atoms with Gasteiger partial charge in [0.1, 0.15) is 18.5 Å². The number of nitrogens with one attached hydrogen (secondary N) is 1. The fourth-order valence-electron chi connectivity index (χ4n) is 4.34. The number of H-pyrrole nitrogens is 1. The van der Waals surface area contributed by atoms with E-state index in [2.05, 4.69) is 34.9 Å². The Morgan fingerprint density at radius 2 is 1.94 bits per heavy atom. The Morgan fingerprint density at radius 1 is 1.16 bits per heavy atom. The Morgan fingerprint density at radius 3 is 2.65 bits per heavy atom. The van der Waals surface area contributed by atoms with Crippen LogP contribution in [0.5, 0.6) is 5.75 Å². The van der Waals surface area contributed by atoms with Gasteiger partial charge in [0.2, 0.25) is 5.56 Å². The lowest BCUT2D eigenvalue weighted by Crippen LogP contribution is -2.45. The summed E-state index contributed by atoms with van der Waals surface area (Å²) in [5.74, 6) is 0.713. The highest BCUT2D eigenvalue weighted by molar-refractivity contribution is 5.97. The highest BCUT2D eigenvalue weighted by Gasteiger charge is 2.22. The van der Waals surface area contributed by atoms with E-state index in [1.807, 2.05) is 36.4 Å². The minimum Gasteiger partial charge on any atom is -0.491 e. The molecule has 6 heteroatoms. The monoisotopic (exact) mass is 421 g/mol. The number of pyridine rings is 1. The van der Waals surface area contributed by atoms with E-state index in [1.54, 1.807) is 6.20 Å². The van der Waals surface area contributed by atoms with Crippen LogP contribution >= 0.6 is 0 Å². The lowest BCUT2D eigenvalue weighted by atomic mass is 9.99. The molecule has 2 aromatic carbocycles. The summed E-state index contributed by atoms with van der Waals surface area (Å²) < 4.78 is 6.01. The van der Waals surface area contributed by atoms with Crippen LogP contribution in [0.3, 0.4) is 0 Å². The Kier molecular flexibility index (Phi) is 6.70. The standard InChI is InChI=1S/C25H31N3O3/c1-27(2)20-9-11-28(12-10-20)16-21(29)17-31-22-13-18-5-3-4-6-23(18)24(14-22)19-7-8-25(30)26-15-19/h3-8,13-15,20-21,29H,9-12,16-17H2,1-2H3,(H,26,30). The highest BCUT2D eigenvalue weighted by atomic mass is 16.5. The van der Waals surface area contributed by atoms with Crippen molar-refractivity contribution in [3.63, 3.8) is 0 Å². The van der Waals surface area contributed by atoms with Gasteiger partial charge in [-0.05, 0) is 80.1 Å². The van der Waals surface area contributed by atoms with Crippen LogP contribution in [0.15, 0.2) is 59.5 Å². The van der Waals surface area contributed by atoms with Gasteiger partial charge in [0.25, 0.3) is 0 Å². The molecule has 164 valence electrons. The predicted molar refractivity (Wildman–Crippen MR) is 125 cm³/mol. The average Bonchev–Trinajstić information content (AvgIpc) is 2.78. The number of ether oxygens (including phenoxy) is 1. The smallest absolute Gasteiger partial charge is 0.247 e. The fourth-order valence-corrected chi connectivity index (χ4v) is 4.34. The first-order valence-corrected chi connectivity index (χ1v) is 10.9. The Balaban J connectivity index is 1.44. The van der Waals surface area contributed by atoms with Crippen LogP contribution in [0.25, 0.3) is 21.9 Å². The second kappa shape index (κ2) is 9.64. The van der Waals surface area contributed by atoms with E-state index >= 15 is 0 Å². The number of piperidine rings is 1. The third kappa shape index (κ3) is 5.34. The van der Waals surface area contributed by atoms with E-state index in [0.29, 0.717) is 18.3 Å². The summed E-state index contributed by atoms with van der Waals surface area (Å²) >= 11 is 0. The molecule has 0 bridgehead atoms. The number of aromatic amines is 1. The summed E-state index contributed by atoms with van der Waals surface area (Å²) in [5.41, 5.74) is 1.79. The summed E-state index contributed by atoms with van der Waals surface area (Å²) in [5, 5.41) is 12.7. The number of hydrogen-bond donors (Lipinski definition) is 2. The van der Waals surface area contributed by atoms with Crippen LogP contribution in [0.1, 0.15) is 12.8 Å². The molecule has 1 aliphatic rings. The lowest BCUT2D eigenvalue weighted by molar-refractivity contribution is 0.0506. The first kappa shape index (κ1) is 21.6. The van der Waals surface area contributed by atoms with Crippen molar-refractivity contribution in [2.45, 2.75) is 25.0 Å². The molecule has 0 radical (unpaired) electrons. The van der Waals surface area contributed by atoms with Gasteiger partial charge >= 0.3 is 0 Å². The number of benzene rings is 2. The molecule has 1 unspecified atom stereocenters. The van der Waals surface area contributed by atoms with Crippen molar-refractivity contribution in [3.05, 3.63) is 65.1 Å². The lowest BCUT2D eigenvalue weighted by Gasteiger charge is -2.35. The number of β-amino-alcohol motifs (C(OH)–C–C–N with tert-alkyl or cyclic N) is 1. The molecular formula is C25H31N3O3. The van der Waals surface area contributed by atoms with E-state index in [-0.39, 0.29) is 12.2 Å². The van der Waals surface area contributed by atoms with Gasteiger partial charge in [0.05, 0.1) is 0 Å². The average molecular weight is 422 g/mol. The number of hydrogen-bond acceptors (Lipinski definition) is 5. The molecular weight excluding hydrogens is 390 g/mol. The number of nitrogens with zero attached hydrogens (tertiary/aromatic N) is 2. The van der Waals surface area contributed by atoms with Gasteiger partial charge in [0, 0.05) is 24.8 Å². The van der Waals surface area contributed by atoms with Crippen LogP contribution in [0, 0.1) is 0 Å². The maximum Gasteiger partial charge on any atom is 0.247 e. The zero-order valence-corrected chi connectivity index (χ0v) is 18.3. The number of fused-ring (bicyclic) bond motifs is 1. The number of aliphatic hydroxyl groups is 1. The number of aliphatic hydroxyl groups excluding tert-OH is 1. The molecule has 0 aliphatic carbocycles. The van der Waals surface area contributed by atoms with Crippen molar-refractivity contribution in [3.8, 4) is 16.9 Å². The van der Waals surface area contributed by atoms with Gasteiger partial charge in [-0.25, -0.2) is 0 Å². The first-order valence-electron chi connectivity index (χ1n) is 10.9. The molecule has 0 saturated carbocycles. The number of aromatic nitrogens is 1. The first-order chi connectivity index (χ1) is 15.0. The molecule has 0 spiro atoms. The molecule has 3 aromatic rings. The van der Waals surface area contributed by atoms with Crippen molar-refractivity contribution in [1.29, 1.82) is 0 Å². The van der Waals surface area contributed by atoms with Gasteiger partial charge in [-0.3, -0.25) is 4.79 Å². The van der Waals surface area contributed by atoms with Crippen LogP contribution in [0.2, 0.25) is 0 Å². The van der Waals surface area contributed by atoms with Gasteiger partial charge in [-0.1, -0.05) is 24.3 Å². The molecule has 4 rings (SSSR count). The Bertz CT molecular complexity index is 1050. The SMILES string of the molecule is CN(C)C1CCN(CC(O)COc2cc(-c3ccc(=O)[nH]c3)c3ccccc3c2)CC1. The molecule has 1 atom stereocenters. The minimum atomic E-state index is -0.543. The predicted octanol–water partition coefficient (Wildman–Crippen LogP) is 2.96. The van der Waals surface area contributed by atoms with Crippen molar-refractivity contribution < 1.29 is 9.84 Å². The number of likely N-dealkylation sites (tertiary alicyclic amines) is 1. The zero-order chi connectivity index (χ0) is 21.8. The maximum atomic E-state index is 11.5. The molecule has 1 aromatic heterocycles. The van der Waals surface area contributed by atoms with Gasteiger partial charge in [-0.2, -0.15) is 0 Å². The van der Waals surface area contributed by atoms with Crippen molar-refractivity contribution in [1.82, 2.24) is 14.8 Å². The summed E-state index contributed by atoms with van der Waals surface area (Å²) in [6.07, 6.45) is 3.45. The quantitative estimate of drug-likeness (QED) is 0.614. The summed E-state index contributed by atoms with van der Waals surface area (Å²) in [6, 6.07) is 16.1. The summed E-state index contributed by atoms with van der Waals surface area (Å²) in [6.45, 7) is 2.88. The zero-order valence-electron chi connectivity index (χ0n) is 18.3. The van der Waals surface area contributed by atoms with E-state index in [9.17, 15) is 9.90 Å². The molecule has 31 heavy (non-hydrogen) atoms. The van der Waals surface area contributed by atoms with E-state index in [0.717, 1.165) is 47.8 Å². The van der Waals surface area contributed by atoms with Crippen molar-refractivity contribution >= 4 is 10.8 Å². The molecule has 1 saturated heterocycles. The highest BCUT2D eigenvalue weighted by Crippen LogP contribution is 2.32. The van der Waals surface area contributed by atoms with Crippen molar-refractivity contribution in [2.24, 2.45) is 0 Å². The van der Waals surface area contributed by atoms with Gasteiger partial charge in [0.15, 0.2) is 0 Å². The molecule has 1 aliphatic heterocycles. The van der Waals surface area contributed by atoms with Crippen molar-refractivity contribution in [2.75, 3.05) is 40.3 Å². The van der Waals surface area contributed by atoms with E-state index < -0.39 is 6.10 Å². The molecule has 2 heterocycles. The largest absolute Gasteiger partial charge is 0.491 e. The number of rotatable bonds is 7. The van der Waals surface area contributed by atoms with E-state index in [4.69, 9.17) is 4.74 Å². The van der Waals surface area contributed by atoms with E-state index in [1.165, 1.54) is 6.07 Å². The maximum absolute atomic E-state index is 11.5.